The maximum Gasteiger partial charge on any atom is 0.264 e. The SMILES string of the molecule is O=C(c1ccccc1)n1c(-c2cccc3ccccc23)nc2cc(Cl)c(Cl)cc21. The number of halogens is 2. The zero-order valence-electron chi connectivity index (χ0n) is 15.1. The van der Waals surface area contributed by atoms with Crippen LogP contribution in [0, 0.1) is 0 Å². The molecule has 5 aromatic rings. The first-order valence-electron chi connectivity index (χ1n) is 9.09. The first-order valence-corrected chi connectivity index (χ1v) is 9.84. The summed E-state index contributed by atoms with van der Waals surface area (Å²) in [4.78, 5) is 18.3. The van der Waals surface area contributed by atoms with E-state index in [0.717, 1.165) is 16.3 Å². The van der Waals surface area contributed by atoms with E-state index in [4.69, 9.17) is 28.2 Å². The van der Waals surface area contributed by atoms with Gasteiger partial charge in [0.05, 0.1) is 21.1 Å². The Bertz CT molecular complexity index is 1390. The average molecular weight is 417 g/mol. The predicted octanol–water partition coefficient (Wildman–Crippen LogP) is 6.85. The number of hydrogen-bond acceptors (Lipinski definition) is 2. The van der Waals surface area contributed by atoms with Crippen molar-refractivity contribution in [1.82, 2.24) is 9.55 Å². The summed E-state index contributed by atoms with van der Waals surface area (Å²) in [5.74, 6) is 0.387. The molecule has 0 saturated heterocycles. The molecule has 3 nitrogen and oxygen atoms in total. The highest BCUT2D eigenvalue weighted by atomic mass is 35.5. The van der Waals surface area contributed by atoms with Gasteiger partial charge in [0.2, 0.25) is 0 Å². The number of rotatable bonds is 2. The first kappa shape index (κ1) is 17.9. The number of fused-ring (bicyclic) bond motifs is 2. The van der Waals surface area contributed by atoms with Crippen molar-refractivity contribution in [3.05, 3.63) is 101 Å². The summed E-state index contributed by atoms with van der Waals surface area (Å²) < 4.78 is 1.62. The van der Waals surface area contributed by atoms with Crippen LogP contribution in [0.3, 0.4) is 0 Å². The van der Waals surface area contributed by atoms with E-state index < -0.39 is 0 Å². The topological polar surface area (TPSA) is 34.9 Å². The fraction of sp³-hybridized carbons (Fsp3) is 0. The molecule has 0 radical (unpaired) electrons. The lowest BCUT2D eigenvalue weighted by Gasteiger charge is -2.10. The van der Waals surface area contributed by atoms with E-state index in [1.807, 2.05) is 60.7 Å². The third kappa shape index (κ3) is 3.00. The van der Waals surface area contributed by atoms with Crippen LogP contribution < -0.4 is 0 Å². The van der Waals surface area contributed by atoms with Gasteiger partial charge in [-0.3, -0.25) is 9.36 Å². The quantitative estimate of drug-likeness (QED) is 0.315. The van der Waals surface area contributed by atoms with Gasteiger partial charge in [0.1, 0.15) is 5.82 Å². The molecule has 0 N–H and O–H groups in total. The third-order valence-electron chi connectivity index (χ3n) is 4.95. The number of nitrogens with zero attached hydrogens (tertiary/aromatic N) is 2. The monoisotopic (exact) mass is 416 g/mol. The van der Waals surface area contributed by atoms with E-state index in [1.54, 1.807) is 28.8 Å². The summed E-state index contributed by atoms with van der Waals surface area (Å²) in [6, 6.07) is 26.6. The van der Waals surface area contributed by atoms with Gasteiger partial charge >= 0.3 is 0 Å². The Hall–Kier alpha value is -3.14. The van der Waals surface area contributed by atoms with Gasteiger partial charge < -0.3 is 0 Å². The summed E-state index contributed by atoms with van der Waals surface area (Å²) in [6.45, 7) is 0. The lowest BCUT2D eigenvalue weighted by molar-refractivity contribution is 0.0966. The van der Waals surface area contributed by atoms with E-state index in [1.165, 1.54) is 0 Å². The van der Waals surface area contributed by atoms with Gasteiger partial charge in [-0.15, -0.1) is 0 Å². The number of imidazole rings is 1. The van der Waals surface area contributed by atoms with E-state index >= 15 is 0 Å². The van der Waals surface area contributed by atoms with Crippen LogP contribution in [0.4, 0.5) is 0 Å². The fourth-order valence-electron chi connectivity index (χ4n) is 3.59. The van der Waals surface area contributed by atoms with Crippen molar-refractivity contribution in [3.8, 4) is 11.4 Å². The van der Waals surface area contributed by atoms with Crippen LogP contribution in [-0.2, 0) is 0 Å². The Kier molecular flexibility index (Phi) is 4.35. The Morgan fingerprint density at radius 2 is 1.48 bits per heavy atom. The van der Waals surface area contributed by atoms with Crippen LogP contribution in [0.5, 0.6) is 0 Å². The molecular formula is C24H14Cl2N2O. The van der Waals surface area contributed by atoms with Crippen molar-refractivity contribution < 1.29 is 4.79 Å². The fourth-order valence-corrected chi connectivity index (χ4v) is 3.90. The maximum atomic E-state index is 13.5. The number of carbonyl (C=O) groups excluding carboxylic acids is 1. The van der Waals surface area contributed by atoms with Gasteiger partial charge in [-0.2, -0.15) is 0 Å². The lowest BCUT2D eigenvalue weighted by atomic mass is 10.0. The number of hydrogen-bond donors (Lipinski definition) is 0. The van der Waals surface area contributed by atoms with Crippen molar-refractivity contribution >= 4 is 50.9 Å². The lowest BCUT2D eigenvalue weighted by Crippen LogP contribution is -2.13. The minimum atomic E-state index is -0.172. The van der Waals surface area contributed by atoms with Crippen molar-refractivity contribution in [3.63, 3.8) is 0 Å². The minimum absolute atomic E-state index is 0.172. The van der Waals surface area contributed by atoms with Crippen LogP contribution in [0.2, 0.25) is 10.0 Å². The molecule has 140 valence electrons. The molecule has 0 aliphatic rings. The number of carbonyl (C=O) groups is 1. The summed E-state index contributed by atoms with van der Waals surface area (Å²) >= 11 is 12.5. The van der Waals surface area contributed by atoms with Crippen LogP contribution in [0.25, 0.3) is 33.2 Å². The second kappa shape index (κ2) is 7.03. The van der Waals surface area contributed by atoms with Crippen LogP contribution in [-0.4, -0.2) is 15.5 Å². The molecule has 0 atom stereocenters. The van der Waals surface area contributed by atoms with E-state index in [9.17, 15) is 4.79 Å². The Balaban J connectivity index is 1.87. The van der Waals surface area contributed by atoms with Crippen LogP contribution in [0.15, 0.2) is 84.9 Å². The summed E-state index contributed by atoms with van der Waals surface area (Å²) in [6.07, 6.45) is 0. The highest BCUT2D eigenvalue weighted by Crippen LogP contribution is 2.34. The molecule has 0 saturated carbocycles. The molecule has 0 spiro atoms. The van der Waals surface area contributed by atoms with Crippen molar-refractivity contribution in [2.45, 2.75) is 0 Å². The van der Waals surface area contributed by atoms with E-state index in [2.05, 4.69) is 0 Å². The Morgan fingerprint density at radius 1 is 0.793 bits per heavy atom. The van der Waals surface area contributed by atoms with Gasteiger partial charge in [0.25, 0.3) is 5.91 Å². The molecule has 0 aliphatic heterocycles. The maximum absolute atomic E-state index is 13.5. The largest absolute Gasteiger partial charge is 0.268 e. The number of aromatic nitrogens is 2. The van der Waals surface area contributed by atoms with Crippen molar-refractivity contribution in [2.24, 2.45) is 0 Å². The van der Waals surface area contributed by atoms with E-state index in [-0.39, 0.29) is 5.91 Å². The molecule has 0 aliphatic carbocycles. The molecule has 0 fully saturated rings. The number of benzene rings is 4. The van der Waals surface area contributed by atoms with Gasteiger partial charge in [0, 0.05) is 11.1 Å². The minimum Gasteiger partial charge on any atom is -0.268 e. The smallest absolute Gasteiger partial charge is 0.264 e. The Morgan fingerprint density at radius 3 is 2.31 bits per heavy atom. The predicted molar refractivity (Wildman–Crippen MR) is 119 cm³/mol. The molecule has 5 heteroatoms. The zero-order valence-corrected chi connectivity index (χ0v) is 16.7. The van der Waals surface area contributed by atoms with Gasteiger partial charge in [0.15, 0.2) is 0 Å². The molecule has 0 amide bonds. The molecule has 0 bridgehead atoms. The molecule has 5 rings (SSSR count). The standard InChI is InChI=1S/C24H14Cl2N2O/c25-19-13-21-22(14-20(19)26)28(24(29)16-8-2-1-3-9-16)23(27-21)18-12-6-10-15-7-4-5-11-17(15)18/h1-14H. The molecular weight excluding hydrogens is 403 g/mol. The Labute approximate surface area is 177 Å². The van der Waals surface area contributed by atoms with Gasteiger partial charge in [-0.25, -0.2) is 4.98 Å². The van der Waals surface area contributed by atoms with Crippen molar-refractivity contribution in [1.29, 1.82) is 0 Å². The van der Waals surface area contributed by atoms with E-state index in [0.29, 0.717) is 32.5 Å². The molecule has 0 unspecified atom stereocenters. The zero-order chi connectivity index (χ0) is 20.0. The summed E-state index contributed by atoms with van der Waals surface area (Å²) in [5, 5.41) is 2.88. The second-order valence-corrected chi connectivity index (χ2v) is 7.54. The normalized spacial score (nSPS) is 11.2. The van der Waals surface area contributed by atoms with Crippen LogP contribution in [0.1, 0.15) is 10.4 Å². The summed E-state index contributed by atoms with van der Waals surface area (Å²) in [5.41, 5.74) is 2.68. The van der Waals surface area contributed by atoms with Gasteiger partial charge in [-0.1, -0.05) is 83.9 Å². The molecule has 1 aromatic heterocycles. The van der Waals surface area contributed by atoms with Gasteiger partial charge in [-0.05, 0) is 35.0 Å². The highest BCUT2D eigenvalue weighted by molar-refractivity contribution is 6.42. The second-order valence-electron chi connectivity index (χ2n) is 6.72. The van der Waals surface area contributed by atoms with Crippen LogP contribution >= 0.6 is 23.2 Å². The molecule has 29 heavy (non-hydrogen) atoms. The molecule has 1 heterocycles. The highest BCUT2D eigenvalue weighted by Gasteiger charge is 2.21. The average Bonchev–Trinajstić information content (AvgIpc) is 3.11. The van der Waals surface area contributed by atoms with Crippen molar-refractivity contribution in [2.75, 3.05) is 0 Å². The molecule has 4 aromatic carbocycles. The first-order chi connectivity index (χ1) is 14.1. The third-order valence-corrected chi connectivity index (χ3v) is 5.67. The summed E-state index contributed by atoms with van der Waals surface area (Å²) in [7, 11) is 0.